The van der Waals surface area contributed by atoms with E-state index in [0.29, 0.717) is 11.3 Å². The van der Waals surface area contributed by atoms with Crippen molar-refractivity contribution in [3.05, 3.63) is 65.2 Å². The summed E-state index contributed by atoms with van der Waals surface area (Å²) in [5, 5.41) is 11.6. The molecule has 2 rings (SSSR count). The van der Waals surface area contributed by atoms with Crippen molar-refractivity contribution in [2.24, 2.45) is 0 Å². The Bertz CT molecular complexity index is 811. The number of benzene rings is 2. The number of methoxy groups -OCH3 is 1. The maximum absolute atomic E-state index is 12.1. The summed E-state index contributed by atoms with van der Waals surface area (Å²) in [6.45, 7) is 1.75. The van der Waals surface area contributed by atoms with E-state index in [2.05, 4.69) is 5.32 Å². The van der Waals surface area contributed by atoms with Crippen molar-refractivity contribution in [1.29, 1.82) is 5.26 Å². The number of ether oxygens (including phenoxy) is 2. The van der Waals surface area contributed by atoms with Crippen molar-refractivity contribution in [1.82, 2.24) is 5.32 Å². The number of nitriles is 1. The summed E-state index contributed by atoms with van der Waals surface area (Å²) in [4.78, 5) is 24.2. The number of hydrogen-bond acceptors (Lipinski definition) is 5. The predicted octanol–water partition coefficient (Wildman–Crippen LogP) is 2.43. The van der Waals surface area contributed by atoms with E-state index in [0.717, 1.165) is 5.56 Å². The number of nitrogens with zero attached hydrogens (tertiary/aromatic N) is 1. The van der Waals surface area contributed by atoms with Gasteiger partial charge in [0.2, 0.25) is 0 Å². The quantitative estimate of drug-likeness (QED) is 0.817. The van der Waals surface area contributed by atoms with Gasteiger partial charge in [-0.25, -0.2) is 4.79 Å². The molecule has 0 unspecified atom stereocenters. The summed E-state index contributed by atoms with van der Waals surface area (Å²) in [5.74, 6) is -0.409. The first-order valence-electron chi connectivity index (χ1n) is 7.66. The first kappa shape index (κ1) is 18.0. The van der Waals surface area contributed by atoms with Gasteiger partial charge in [0.25, 0.3) is 5.91 Å². The molecule has 6 heteroatoms. The lowest BCUT2D eigenvalue weighted by Crippen LogP contribution is -2.35. The molecular formula is C19H18N2O4. The van der Waals surface area contributed by atoms with Gasteiger partial charge in [-0.3, -0.25) is 4.79 Å². The van der Waals surface area contributed by atoms with Crippen LogP contribution in [0.25, 0.3) is 0 Å². The summed E-state index contributed by atoms with van der Waals surface area (Å²) in [6, 6.07) is 15.4. The largest absolute Gasteiger partial charge is 0.496 e. The average Bonchev–Trinajstić information content (AvgIpc) is 2.66. The average molecular weight is 338 g/mol. The van der Waals surface area contributed by atoms with Gasteiger partial charge >= 0.3 is 5.97 Å². The molecule has 0 fully saturated rings. The number of hydrogen-bond donors (Lipinski definition) is 1. The van der Waals surface area contributed by atoms with E-state index in [4.69, 9.17) is 14.7 Å². The Morgan fingerprint density at radius 1 is 1.20 bits per heavy atom. The maximum Gasteiger partial charge on any atom is 0.338 e. The molecule has 0 aliphatic rings. The SMILES string of the molecule is COc1ccccc1CNC(=O)[C@@H](C)OC(=O)c1cccc(C#N)c1. The van der Waals surface area contributed by atoms with E-state index in [1.165, 1.54) is 19.1 Å². The molecule has 6 nitrogen and oxygen atoms in total. The highest BCUT2D eigenvalue weighted by Crippen LogP contribution is 2.16. The fraction of sp³-hybridized carbons (Fsp3) is 0.211. The van der Waals surface area contributed by atoms with E-state index in [1.807, 2.05) is 24.3 Å². The van der Waals surface area contributed by atoms with Crippen LogP contribution < -0.4 is 10.1 Å². The van der Waals surface area contributed by atoms with E-state index < -0.39 is 18.0 Å². The van der Waals surface area contributed by atoms with Crippen LogP contribution >= 0.6 is 0 Å². The molecule has 25 heavy (non-hydrogen) atoms. The van der Waals surface area contributed by atoms with Crippen LogP contribution in [0.2, 0.25) is 0 Å². The van der Waals surface area contributed by atoms with E-state index >= 15 is 0 Å². The minimum absolute atomic E-state index is 0.225. The van der Waals surface area contributed by atoms with Crippen LogP contribution in [0.1, 0.15) is 28.4 Å². The smallest absolute Gasteiger partial charge is 0.338 e. The van der Waals surface area contributed by atoms with Gasteiger partial charge in [0.15, 0.2) is 6.10 Å². The van der Waals surface area contributed by atoms with Crippen LogP contribution in [-0.4, -0.2) is 25.1 Å². The van der Waals surface area contributed by atoms with Crippen LogP contribution in [0, 0.1) is 11.3 Å². The molecule has 1 N–H and O–H groups in total. The van der Waals surface area contributed by atoms with Crippen LogP contribution in [-0.2, 0) is 16.1 Å². The topological polar surface area (TPSA) is 88.4 Å². The van der Waals surface area contributed by atoms with Gasteiger partial charge in [0.05, 0.1) is 24.3 Å². The van der Waals surface area contributed by atoms with Crippen LogP contribution in [0.3, 0.4) is 0 Å². The molecule has 0 saturated heterocycles. The summed E-state index contributed by atoms with van der Waals surface area (Å²) >= 11 is 0. The molecule has 2 aromatic carbocycles. The number of amides is 1. The van der Waals surface area contributed by atoms with Gasteiger partial charge in [-0.15, -0.1) is 0 Å². The zero-order valence-electron chi connectivity index (χ0n) is 14.0. The van der Waals surface area contributed by atoms with Gasteiger partial charge in [0.1, 0.15) is 5.75 Å². The molecule has 1 atom stereocenters. The summed E-state index contributed by atoms with van der Waals surface area (Å²) < 4.78 is 10.4. The number of para-hydroxylation sites is 1. The lowest BCUT2D eigenvalue weighted by Gasteiger charge is -2.14. The molecule has 0 aromatic heterocycles. The molecule has 0 spiro atoms. The second-order valence-corrected chi connectivity index (χ2v) is 5.27. The highest BCUT2D eigenvalue weighted by atomic mass is 16.5. The van der Waals surface area contributed by atoms with Gasteiger partial charge in [0, 0.05) is 12.1 Å². The molecule has 0 heterocycles. The first-order chi connectivity index (χ1) is 12.0. The third-order valence-corrected chi connectivity index (χ3v) is 3.53. The zero-order chi connectivity index (χ0) is 18.2. The molecule has 0 saturated carbocycles. The van der Waals surface area contributed by atoms with Gasteiger partial charge in [-0.05, 0) is 31.2 Å². The minimum atomic E-state index is -0.965. The Balaban J connectivity index is 1.93. The second-order valence-electron chi connectivity index (χ2n) is 5.27. The number of esters is 1. The molecule has 0 aliphatic carbocycles. The van der Waals surface area contributed by atoms with Crippen molar-refractivity contribution in [2.75, 3.05) is 7.11 Å². The van der Waals surface area contributed by atoms with Crippen molar-refractivity contribution < 1.29 is 19.1 Å². The van der Waals surface area contributed by atoms with Crippen LogP contribution in [0.5, 0.6) is 5.75 Å². The summed E-state index contributed by atoms with van der Waals surface area (Å²) in [5.41, 5.74) is 1.39. The Morgan fingerprint density at radius 3 is 2.68 bits per heavy atom. The molecular weight excluding hydrogens is 320 g/mol. The number of rotatable bonds is 6. The van der Waals surface area contributed by atoms with Gasteiger partial charge in [-0.1, -0.05) is 24.3 Å². The van der Waals surface area contributed by atoms with Gasteiger partial charge in [-0.2, -0.15) is 5.26 Å². The molecule has 2 aromatic rings. The summed E-state index contributed by atoms with van der Waals surface area (Å²) in [7, 11) is 1.56. The Hall–Kier alpha value is -3.33. The second kappa shape index (κ2) is 8.50. The first-order valence-corrected chi connectivity index (χ1v) is 7.66. The van der Waals surface area contributed by atoms with Crippen molar-refractivity contribution in [3.8, 4) is 11.8 Å². The van der Waals surface area contributed by atoms with E-state index in [9.17, 15) is 9.59 Å². The third-order valence-electron chi connectivity index (χ3n) is 3.53. The minimum Gasteiger partial charge on any atom is -0.496 e. The van der Waals surface area contributed by atoms with Crippen LogP contribution in [0.4, 0.5) is 0 Å². The molecule has 128 valence electrons. The van der Waals surface area contributed by atoms with Crippen LogP contribution in [0.15, 0.2) is 48.5 Å². The number of carbonyl (C=O) groups is 2. The highest BCUT2D eigenvalue weighted by molar-refractivity contribution is 5.92. The van der Waals surface area contributed by atoms with E-state index in [1.54, 1.807) is 25.3 Å². The normalized spacial score (nSPS) is 11.1. The molecule has 1 amide bonds. The predicted molar refractivity (Wildman–Crippen MR) is 90.9 cm³/mol. The Kier molecular flexibility index (Phi) is 6.13. The molecule has 0 radical (unpaired) electrons. The standard InChI is InChI=1S/C19H18N2O4/c1-13(25-19(23)15-8-5-6-14(10-15)11-20)18(22)21-12-16-7-3-4-9-17(16)24-2/h3-10,13H,12H2,1-2H3,(H,21,22)/t13-/m1/s1. The highest BCUT2D eigenvalue weighted by Gasteiger charge is 2.19. The van der Waals surface area contributed by atoms with E-state index in [-0.39, 0.29) is 12.1 Å². The van der Waals surface area contributed by atoms with Crippen molar-refractivity contribution in [2.45, 2.75) is 19.6 Å². The molecule has 0 aliphatic heterocycles. The zero-order valence-corrected chi connectivity index (χ0v) is 14.0. The van der Waals surface area contributed by atoms with Gasteiger partial charge < -0.3 is 14.8 Å². The fourth-order valence-corrected chi connectivity index (χ4v) is 2.17. The lowest BCUT2D eigenvalue weighted by molar-refractivity contribution is -0.129. The third kappa shape index (κ3) is 4.82. The Morgan fingerprint density at radius 2 is 1.96 bits per heavy atom. The fourth-order valence-electron chi connectivity index (χ4n) is 2.17. The van der Waals surface area contributed by atoms with Crippen molar-refractivity contribution in [3.63, 3.8) is 0 Å². The van der Waals surface area contributed by atoms with Crippen molar-refractivity contribution >= 4 is 11.9 Å². The number of nitrogens with one attached hydrogen (secondary N) is 1. The molecule has 0 bridgehead atoms. The lowest BCUT2D eigenvalue weighted by atomic mass is 10.1. The number of carbonyl (C=O) groups excluding carboxylic acids is 2. The summed E-state index contributed by atoms with van der Waals surface area (Å²) in [6.07, 6.45) is -0.965. The Labute approximate surface area is 146 Å². The monoisotopic (exact) mass is 338 g/mol. The maximum atomic E-state index is 12.1.